The van der Waals surface area contributed by atoms with E-state index in [1.807, 2.05) is 16.8 Å². The molecule has 0 radical (unpaired) electrons. The maximum Gasteiger partial charge on any atom is 0.180 e. The van der Waals surface area contributed by atoms with Crippen LogP contribution in [-0.2, 0) is 0 Å². The molecule has 0 bridgehead atoms. The third-order valence-corrected chi connectivity index (χ3v) is 3.93. The molecule has 2 heterocycles. The topological polar surface area (TPSA) is 74.5 Å². The Labute approximate surface area is 118 Å². The number of aliphatic hydroxyl groups excluding tert-OH is 1. The normalized spacial score (nSPS) is 16.9. The second-order valence-corrected chi connectivity index (χ2v) is 5.48. The Morgan fingerprint density at radius 2 is 2.30 bits per heavy atom. The molecule has 1 fully saturated rings. The Kier molecular flexibility index (Phi) is 3.48. The number of anilines is 2. The van der Waals surface area contributed by atoms with Gasteiger partial charge in [0.05, 0.1) is 18.3 Å². The number of hydrogen-bond acceptors (Lipinski definition) is 5. The summed E-state index contributed by atoms with van der Waals surface area (Å²) in [6.07, 6.45) is 9.76. The largest absolute Gasteiger partial charge is 0.394 e. The van der Waals surface area contributed by atoms with Gasteiger partial charge in [0.1, 0.15) is 5.82 Å². The fourth-order valence-electron chi connectivity index (χ4n) is 2.53. The van der Waals surface area contributed by atoms with E-state index >= 15 is 0 Å². The van der Waals surface area contributed by atoms with Crippen LogP contribution >= 0.6 is 0 Å². The molecule has 0 aliphatic heterocycles. The number of imidazole rings is 1. The highest BCUT2D eigenvalue weighted by molar-refractivity contribution is 5.66. The van der Waals surface area contributed by atoms with E-state index < -0.39 is 0 Å². The van der Waals surface area contributed by atoms with Gasteiger partial charge in [-0.05, 0) is 25.7 Å². The van der Waals surface area contributed by atoms with Crippen LogP contribution in [0.1, 0.15) is 32.6 Å². The Hall–Kier alpha value is -1.82. The fraction of sp³-hybridized carbons (Fsp3) is 0.571. The Balaban J connectivity index is 1.92. The maximum absolute atomic E-state index is 9.60. The number of hydrogen-bond donors (Lipinski definition) is 3. The number of aromatic nitrogens is 3. The molecular formula is C14H21N5O. The van der Waals surface area contributed by atoms with E-state index in [0.29, 0.717) is 0 Å². The summed E-state index contributed by atoms with van der Waals surface area (Å²) >= 11 is 0. The quantitative estimate of drug-likeness (QED) is 0.750. The van der Waals surface area contributed by atoms with Crippen LogP contribution in [0.25, 0.3) is 5.65 Å². The van der Waals surface area contributed by atoms with Gasteiger partial charge >= 0.3 is 0 Å². The third kappa shape index (κ3) is 2.31. The first-order valence-corrected chi connectivity index (χ1v) is 7.23. The lowest BCUT2D eigenvalue weighted by molar-refractivity contribution is 0.144. The van der Waals surface area contributed by atoms with Crippen molar-refractivity contribution in [3.05, 3.63) is 18.6 Å². The smallest absolute Gasteiger partial charge is 0.180 e. The number of nitrogens with zero attached hydrogens (tertiary/aromatic N) is 3. The molecule has 0 spiro atoms. The predicted molar refractivity (Wildman–Crippen MR) is 79.1 cm³/mol. The van der Waals surface area contributed by atoms with Gasteiger partial charge in [-0.3, -0.25) is 0 Å². The maximum atomic E-state index is 9.60. The van der Waals surface area contributed by atoms with E-state index in [1.54, 1.807) is 6.20 Å². The van der Waals surface area contributed by atoms with Gasteiger partial charge in [0.25, 0.3) is 0 Å². The first-order valence-electron chi connectivity index (χ1n) is 7.23. The Morgan fingerprint density at radius 1 is 1.45 bits per heavy atom. The number of aliphatic hydroxyl groups is 1. The average molecular weight is 275 g/mol. The first kappa shape index (κ1) is 13.2. The van der Waals surface area contributed by atoms with Crippen molar-refractivity contribution in [1.29, 1.82) is 0 Å². The summed E-state index contributed by atoms with van der Waals surface area (Å²) in [6.45, 7) is 3.14. The SMILES string of the molecule is CCCNc1cn2ccnc2c(NC2(CO)CCC2)n1. The van der Waals surface area contributed by atoms with Crippen molar-refractivity contribution < 1.29 is 5.11 Å². The van der Waals surface area contributed by atoms with Crippen molar-refractivity contribution in [2.24, 2.45) is 0 Å². The Bertz CT molecular complexity index is 585. The van der Waals surface area contributed by atoms with Gasteiger partial charge in [-0.15, -0.1) is 0 Å². The molecule has 1 saturated carbocycles. The van der Waals surface area contributed by atoms with Gasteiger partial charge in [0.2, 0.25) is 0 Å². The van der Waals surface area contributed by atoms with Gasteiger partial charge in [0.15, 0.2) is 11.5 Å². The summed E-state index contributed by atoms with van der Waals surface area (Å²) in [5.41, 5.74) is 0.579. The molecule has 1 aliphatic rings. The van der Waals surface area contributed by atoms with Crippen LogP contribution in [0.15, 0.2) is 18.6 Å². The van der Waals surface area contributed by atoms with Gasteiger partial charge in [-0.1, -0.05) is 6.92 Å². The molecule has 108 valence electrons. The molecule has 20 heavy (non-hydrogen) atoms. The number of rotatable bonds is 6. The second-order valence-electron chi connectivity index (χ2n) is 5.48. The summed E-state index contributed by atoms with van der Waals surface area (Å²) in [7, 11) is 0. The minimum absolute atomic E-state index is 0.133. The van der Waals surface area contributed by atoms with Crippen molar-refractivity contribution in [3.8, 4) is 0 Å². The van der Waals surface area contributed by atoms with Gasteiger partial charge < -0.3 is 20.1 Å². The lowest BCUT2D eigenvalue weighted by Gasteiger charge is -2.41. The lowest BCUT2D eigenvalue weighted by atomic mass is 9.77. The van der Waals surface area contributed by atoms with Crippen LogP contribution in [0.3, 0.4) is 0 Å². The molecular weight excluding hydrogens is 254 g/mol. The molecule has 6 heteroatoms. The van der Waals surface area contributed by atoms with E-state index in [0.717, 1.165) is 49.5 Å². The van der Waals surface area contributed by atoms with Gasteiger partial charge in [0, 0.05) is 18.9 Å². The summed E-state index contributed by atoms with van der Waals surface area (Å²) in [5.74, 6) is 1.57. The summed E-state index contributed by atoms with van der Waals surface area (Å²) < 4.78 is 1.96. The zero-order valence-corrected chi connectivity index (χ0v) is 11.8. The minimum atomic E-state index is -0.219. The second kappa shape index (κ2) is 5.28. The monoisotopic (exact) mass is 275 g/mol. The summed E-state index contributed by atoms with van der Waals surface area (Å²) in [4.78, 5) is 8.95. The molecule has 2 aromatic heterocycles. The van der Waals surface area contributed by atoms with Crippen molar-refractivity contribution in [2.75, 3.05) is 23.8 Å². The third-order valence-electron chi connectivity index (χ3n) is 3.93. The highest BCUT2D eigenvalue weighted by atomic mass is 16.3. The van der Waals surface area contributed by atoms with E-state index in [1.165, 1.54) is 0 Å². The van der Waals surface area contributed by atoms with Crippen LogP contribution in [0.4, 0.5) is 11.6 Å². The zero-order chi connectivity index (χ0) is 14.0. The first-order chi connectivity index (χ1) is 9.76. The molecule has 2 aromatic rings. The van der Waals surface area contributed by atoms with Crippen molar-refractivity contribution >= 4 is 17.3 Å². The fourth-order valence-corrected chi connectivity index (χ4v) is 2.53. The zero-order valence-electron chi connectivity index (χ0n) is 11.8. The van der Waals surface area contributed by atoms with E-state index in [-0.39, 0.29) is 12.1 Å². The average Bonchev–Trinajstić information content (AvgIpc) is 2.88. The molecule has 0 saturated heterocycles. The van der Waals surface area contributed by atoms with E-state index in [2.05, 4.69) is 27.5 Å². The van der Waals surface area contributed by atoms with Crippen LogP contribution in [0.5, 0.6) is 0 Å². The molecule has 1 aliphatic carbocycles. The van der Waals surface area contributed by atoms with E-state index in [4.69, 9.17) is 0 Å². The molecule has 6 nitrogen and oxygen atoms in total. The van der Waals surface area contributed by atoms with Gasteiger partial charge in [-0.2, -0.15) is 0 Å². The molecule has 0 atom stereocenters. The van der Waals surface area contributed by atoms with Crippen LogP contribution in [0.2, 0.25) is 0 Å². The van der Waals surface area contributed by atoms with Crippen molar-refractivity contribution in [3.63, 3.8) is 0 Å². The summed E-state index contributed by atoms with van der Waals surface area (Å²) in [6, 6.07) is 0. The van der Waals surface area contributed by atoms with Crippen LogP contribution in [-0.4, -0.2) is 38.2 Å². The van der Waals surface area contributed by atoms with Gasteiger partial charge in [-0.25, -0.2) is 9.97 Å². The Morgan fingerprint density at radius 3 is 2.95 bits per heavy atom. The molecule has 0 unspecified atom stereocenters. The molecule has 3 N–H and O–H groups in total. The van der Waals surface area contributed by atoms with Crippen LogP contribution in [0, 0.1) is 0 Å². The van der Waals surface area contributed by atoms with Crippen LogP contribution < -0.4 is 10.6 Å². The molecule has 0 amide bonds. The van der Waals surface area contributed by atoms with E-state index in [9.17, 15) is 5.11 Å². The van der Waals surface area contributed by atoms with Crippen molar-refractivity contribution in [1.82, 2.24) is 14.4 Å². The predicted octanol–water partition coefficient (Wildman–Crippen LogP) is 1.88. The minimum Gasteiger partial charge on any atom is -0.394 e. The van der Waals surface area contributed by atoms with Crippen molar-refractivity contribution in [2.45, 2.75) is 38.1 Å². The molecule has 0 aromatic carbocycles. The standard InChI is InChI=1S/C14H21N5O/c1-2-6-15-11-9-19-8-7-16-13(19)12(17-11)18-14(10-20)4-3-5-14/h7-9,15,20H,2-6,10H2,1H3,(H,17,18). The summed E-state index contributed by atoms with van der Waals surface area (Å²) in [5, 5.41) is 16.3. The molecule has 3 rings (SSSR count). The lowest BCUT2D eigenvalue weighted by Crippen LogP contribution is -2.48. The highest BCUT2D eigenvalue weighted by Gasteiger charge is 2.37. The number of nitrogens with one attached hydrogen (secondary N) is 2. The highest BCUT2D eigenvalue weighted by Crippen LogP contribution is 2.35. The number of fused-ring (bicyclic) bond motifs is 1.